The molecule has 1 heterocycles. The molecule has 0 aliphatic carbocycles. The standard InChI is InChI=1S/C20H21ClN4/c1-3-15-6-10-18(11-7-15)25-20-12-19(23-14(2)24-20)22-13-16-4-8-17(21)9-5-16/h4-12H,3,13H2,1-2H3,(H2,22,23,24,25). The molecule has 0 unspecified atom stereocenters. The van der Waals surface area contributed by atoms with Crippen molar-refractivity contribution in [2.24, 2.45) is 0 Å². The van der Waals surface area contributed by atoms with Crippen LogP contribution >= 0.6 is 11.6 Å². The molecule has 128 valence electrons. The first kappa shape index (κ1) is 17.2. The molecule has 0 amide bonds. The van der Waals surface area contributed by atoms with Gasteiger partial charge in [0.1, 0.15) is 17.5 Å². The van der Waals surface area contributed by atoms with Crippen LogP contribution in [-0.4, -0.2) is 9.97 Å². The minimum absolute atomic E-state index is 0.679. The highest BCUT2D eigenvalue weighted by molar-refractivity contribution is 6.30. The van der Waals surface area contributed by atoms with Crippen LogP contribution in [0.3, 0.4) is 0 Å². The lowest BCUT2D eigenvalue weighted by Gasteiger charge is -2.11. The summed E-state index contributed by atoms with van der Waals surface area (Å²) in [5.41, 5.74) is 3.47. The summed E-state index contributed by atoms with van der Waals surface area (Å²) in [6, 6.07) is 18.1. The number of aryl methyl sites for hydroxylation is 2. The zero-order valence-electron chi connectivity index (χ0n) is 14.4. The average molecular weight is 353 g/mol. The minimum Gasteiger partial charge on any atom is -0.366 e. The molecule has 0 bridgehead atoms. The maximum Gasteiger partial charge on any atom is 0.136 e. The van der Waals surface area contributed by atoms with Crippen LogP contribution in [0.2, 0.25) is 5.02 Å². The second kappa shape index (κ2) is 7.99. The molecule has 0 radical (unpaired) electrons. The number of halogens is 1. The summed E-state index contributed by atoms with van der Waals surface area (Å²) in [7, 11) is 0. The van der Waals surface area contributed by atoms with E-state index in [1.54, 1.807) is 0 Å². The lowest BCUT2D eigenvalue weighted by atomic mass is 10.1. The smallest absolute Gasteiger partial charge is 0.136 e. The van der Waals surface area contributed by atoms with Crippen LogP contribution in [0.1, 0.15) is 23.9 Å². The van der Waals surface area contributed by atoms with Crippen LogP contribution in [0, 0.1) is 6.92 Å². The maximum absolute atomic E-state index is 5.92. The van der Waals surface area contributed by atoms with Crippen LogP contribution in [0.4, 0.5) is 17.3 Å². The number of nitrogens with one attached hydrogen (secondary N) is 2. The zero-order chi connectivity index (χ0) is 17.6. The third-order valence-electron chi connectivity index (χ3n) is 3.86. The number of hydrogen-bond donors (Lipinski definition) is 2. The summed E-state index contributed by atoms with van der Waals surface area (Å²) in [5.74, 6) is 2.28. The Morgan fingerprint density at radius 3 is 2.20 bits per heavy atom. The highest BCUT2D eigenvalue weighted by Gasteiger charge is 2.03. The van der Waals surface area contributed by atoms with Gasteiger partial charge in [0.25, 0.3) is 0 Å². The molecule has 4 nitrogen and oxygen atoms in total. The fourth-order valence-corrected chi connectivity index (χ4v) is 2.61. The molecule has 0 aliphatic rings. The fourth-order valence-electron chi connectivity index (χ4n) is 2.49. The van der Waals surface area contributed by atoms with Crippen LogP contribution in [0.5, 0.6) is 0 Å². The quantitative estimate of drug-likeness (QED) is 0.627. The predicted molar refractivity (Wildman–Crippen MR) is 105 cm³/mol. The van der Waals surface area contributed by atoms with E-state index in [4.69, 9.17) is 11.6 Å². The molecule has 1 aromatic heterocycles. The highest BCUT2D eigenvalue weighted by Crippen LogP contribution is 2.19. The predicted octanol–water partition coefficient (Wildman–Crippen LogP) is 5.36. The Morgan fingerprint density at radius 1 is 0.880 bits per heavy atom. The number of hydrogen-bond acceptors (Lipinski definition) is 4. The van der Waals surface area contributed by atoms with Crippen LogP contribution in [-0.2, 0) is 13.0 Å². The van der Waals surface area contributed by atoms with Gasteiger partial charge in [-0.15, -0.1) is 0 Å². The zero-order valence-corrected chi connectivity index (χ0v) is 15.1. The number of benzene rings is 2. The lowest BCUT2D eigenvalue weighted by molar-refractivity contribution is 1.03. The molecule has 5 heteroatoms. The molecule has 25 heavy (non-hydrogen) atoms. The molecular weight excluding hydrogens is 332 g/mol. The van der Waals surface area contributed by atoms with E-state index in [2.05, 4.69) is 51.8 Å². The Bertz CT molecular complexity index is 829. The van der Waals surface area contributed by atoms with Gasteiger partial charge in [0, 0.05) is 23.3 Å². The number of aromatic nitrogens is 2. The van der Waals surface area contributed by atoms with Crippen molar-refractivity contribution in [1.82, 2.24) is 9.97 Å². The van der Waals surface area contributed by atoms with Crippen molar-refractivity contribution in [3.63, 3.8) is 0 Å². The summed E-state index contributed by atoms with van der Waals surface area (Å²) in [6.07, 6.45) is 1.03. The molecule has 2 N–H and O–H groups in total. The largest absolute Gasteiger partial charge is 0.366 e. The summed E-state index contributed by atoms with van der Waals surface area (Å²) in [6.45, 7) is 4.71. The maximum atomic E-state index is 5.92. The van der Waals surface area contributed by atoms with E-state index < -0.39 is 0 Å². The van der Waals surface area contributed by atoms with Gasteiger partial charge < -0.3 is 10.6 Å². The normalized spacial score (nSPS) is 10.5. The van der Waals surface area contributed by atoms with E-state index in [1.807, 2.05) is 37.3 Å². The van der Waals surface area contributed by atoms with Gasteiger partial charge in [-0.05, 0) is 48.7 Å². The molecule has 0 aliphatic heterocycles. The van der Waals surface area contributed by atoms with Crippen LogP contribution in [0.15, 0.2) is 54.6 Å². The first-order valence-corrected chi connectivity index (χ1v) is 8.70. The van der Waals surface area contributed by atoms with Crippen molar-refractivity contribution in [2.75, 3.05) is 10.6 Å². The summed E-state index contributed by atoms with van der Waals surface area (Å²) < 4.78 is 0. The third kappa shape index (κ3) is 4.94. The molecule has 0 spiro atoms. The Hall–Kier alpha value is -2.59. The Labute approximate surface area is 153 Å². The Morgan fingerprint density at radius 2 is 1.52 bits per heavy atom. The first-order valence-electron chi connectivity index (χ1n) is 8.32. The van der Waals surface area contributed by atoms with Crippen LogP contribution < -0.4 is 10.6 Å². The topological polar surface area (TPSA) is 49.8 Å². The van der Waals surface area contributed by atoms with Crippen molar-refractivity contribution in [3.8, 4) is 0 Å². The third-order valence-corrected chi connectivity index (χ3v) is 4.11. The summed E-state index contributed by atoms with van der Waals surface area (Å²) in [4.78, 5) is 8.91. The van der Waals surface area contributed by atoms with Gasteiger partial charge in [0.15, 0.2) is 0 Å². The van der Waals surface area contributed by atoms with E-state index in [1.165, 1.54) is 5.56 Å². The van der Waals surface area contributed by atoms with Crippen molar-refractivity contribution < 1.29 is 0 Å². The molecule has 3 rings (SSSR count). The van der Waals surface area contributed by atoms with Crippen LogP contribution in [0.25, 0.3) is 0 Å². The molecule has 3 aromatic rings. The van der Waals surface area contributed by atoms with Gasteiger partial charge in [-0.3, -0.25) is 0 Å². The SMILES string of the molecule is CCc1ccc(Nc2cc(NCc3ccc(Cl)cc3)nc(C)n2)cc1. The first-order chi connectivity index (χ1) is 12.1. The van der Waals surface area contributed by atoms with Gasteiger partial charge in [-0.25, -0.2) is 9.97 Å². The molecule has 0 saturated heterocycles. The van der Waals surface area contributed by atoms with E-state index >= 15 is 0 Å². The lowest BCUT2D eigenvalue weighted by Crippen LogP contribution is -2.05. The molecular formula is C20H21ClN4. The second-order valence-corrected chi connectivity index (χ2v) is 6.28. The van der Waals surface area contributed by atoms with Crippen molar-refractivity contribution in [3.05, 3.63) is 76.6 Å². The van der Waals surface area contributed by atoms with Gasteiger partial charge in [0.2, 0.25) is 0 Å². The number of anilines is 3. The van der Waals surface area contributed by atoms with Crippen molar-refractivity contribution in [2.45, 2.75) is 26.8 Å². The highest BCUT2D eigenvalue weighted by atomic mass is 35.5. The Balaban J connectivity index is 1.69. The average Bonchev–Trinajstić information content (AvgIpc) is 2.61. The molecule has 0 atom stereocenters. The van der Waals surface area contributed by atoms with Crippen molar-refractivity contribution in [1.29, 1.82) is 0 Å². The summed E-state index contributed by atoms with van der Waals surface area (Å²) >= 11 is 5.92. The Kier molecular flexibility index (Phi) is 5.51. The van der Waals surface area contributed by atoms with E-state index in [0.717, 1.165) is 34.3 Å². The van der Waals surface area contributed by atoms with Gasteiger partial charge >= 0.3 is 0 Å². The van der Waals surface area contributed by atoms with E-state index in [0.29, 0.717) is 12.4 Å². The van der Waals surface area contributed by atoms with Gasteiger partial charge in [0.05, 0.1) is 0 Å². The number of nitrogens with zero attached hydrogens (tertiary/aromatic N) is 2. The van der Waals surface area contributed by atoms with Crippen molar-refractivity contribution >= 4 is 28.9 Å². The number of rotatable bonds is 6. The minimum atomic E-state index is 0.679. The monoisotopic (exact) mass is 352 g/mol. The van der Waals surface area contributed by atoms with E-state index in [9.17, 15) is 0 Å². The van der Waals surface area contributed by atoms with E-state index in [-0.39, 0.29) is 0 Å². The molecule has 2 aromatic carbocycles. The molecule has 0 fully saturated rings. The second-order valence-electron chi connectivity index (χ2n) is 5.84. The van der Waals surface area contributed by atoms with Gasteiger partial charge in [-0.2, -0.15) is 0 Å². The van der Waals surface area contributed by atoms with Gasteiger partial charge in [-0.1, -0.05) is 42.8 Å². The summed E-state index contributed by atoms with van der Waals surface area (Å²) in [5, 5.41) is 7.40. The molecule has 0 saturated carbocycles. The fraction of sp³-hybridized carbons (Fsp3) is 0.200.